The van der Waals surface area contributed by atoms with Crippen molar-refractivity contribution in [1.82, 2.24) is 10.2 Å². The summed E-state index contributed by atoms with van der Waals surface area (Å²) in [5, 5.41) is 13.8. The van der Waals surface area contributed by atoms with Crippen molar-refractivity contribution in [3.63, 3.8) is 0 Å². The van der Waals surface area contributed by atoms with Crippen LogP contribution in [0.5, 0.6) is 0 Å². The van der Waals surface area contributed by atoms with Crippen LogP contribution in [0.4, 0.5) is 0 Å². The number of carbonyl (C=O) groups is 3. The van der Waals surface area contributed by atoms with Crippen LogP contribution in [0.3, 0.4) is 0 Å². The highest BCUT2D eigenvalue weighted by Crippen LogP contribution is 2.75. The molecule has 0 aromatic rings. The van der Waals surface area contributed by atoms with Gasteiger partial charge in [0.1, 0.15) is 0 Å². The zero-order chi connectivity index (χ0) is 31.2. The fourth-order valence-corrected chi connectivity index (χ4v) is 12.3. The van der Waals surface area contributed by atoms with Crippen molar-refractivity contribution >= 4 is 17.7 Å². The highest BCUT2D eigenvalue weighted by Gasteiger charge is 2.70. The van der Waals surface area contributed by atoms with Crippen LogP contribution in [0.2, 0.25) is 0 Å². The molecule has 6 heteroatoms. The van der Waals surface area contributed by atoms with E-state index in [1.165, 1.54) is 18.4 Å². The predicted molar refractivity (Wildman–Crippen MR) is 169 cm³/mol. The molecule has 1 saturated heterocycles. The van der Waals surface area contributed by atoms with Crippen molar-refractivity contribution in [2.45, 2.75) is 119 Å². The highest BCUT2D eigenvalue weighted by molar-refractivity contribution is 6.04. The Morgan fingerprint density at radius 3 is 2.28 bits per heavy atom. The number of hydrogen-bond donors (Lipinski definition) is 2. The van der Waals surface area contributed by atoms with Gasteiger partial charge in [-0.3, -0.25) is 14.4 Å². The Morgan fingerprint density at radius 1 is 0.930 bits per heavy atom. The highest BCUT2D eigenvalue weighted by atomic mass is 16.4. The van der Waals surface area contributed by atoms with Gasteiger partial charge in [-0.05, 0) is 123 Å². The van der Waals surface area contributed by atoms with Crippen LogP contribution < -0.4 is 5.32 Å². The molecular formula is C37H58N2O4. The van der Waals surface area contributed by atoms with Crippen LogP contribution in [0.1, 0.15) is 119 Å². The van der Waals surface area contributed by atoms with Gasteiger partial charge in [-0.15, -0.1) is 0 Å². The Morgan fingerprint density at radius 2 is 1.60 bits per heavy atom. The normalized spacial score (nSPS) is 45.2. The number of hydrogen-bond acceptors (Lipinski definition) is 4. The van der Waals surface area contributed by atoms with E-state index in [1.807, 2.05) is 0 Å². The molecule has 0 aromatic carbocycles. The first-order chi connectivity index (χ1) is 20.0. The lowest BCUT2D eigenvalue weighted by Crippen LogP contribution is -2.66. The summed E-state index contributed by atoms with van der Waals surface area (Å²) >= 11 is 0. The number of aliphatic carboxylic acids is 1. The maximum atomic E-state index is 14.0. The molecule has 8 atom stereocenters. The number of carboxylic acid groups (broad SMARTS) is 1. The maximum Gasteiger partial charge on any atom is 0.310 e. The Balaban J connectivity index is 1.32. The van der Waals surface area contributed by atoms with E-state index in [0.717, 1.165) is 71.0 Å². The summed E-state index contributed by atoms with van der Waals surface area (Å²) in [6, 6.07) is 0. The van der Waals surface area contributed by atoms with Crippen LogP contribution in [-0.2, 0) is 14.4 Å². The number of rotatable bonds is 5. The average molecular weight is 595 g/mol. The molecule has 4 saturated carbocycles. The van der Waals surface area contributed by atoms with Crippen molar-refractivity contribution in [3.05, 3.63) is 11.6 Å². The molecule has 0 spiro atoms. The van der Waals surface area contributed by atoms with Crippen LogP contribution in [-0.4, -0.2) is 53.8 Å². The van der Waals surface area contributed by atoms with Gasteiger partial charge in [0.15, 0.2) is 5.78 Å². The van der Waals surface area contributed by atoms with Gasteiger partial charge in [0.25, 0.3) is 0 Å². The van der Waals surface area contributed by atoms with Gasteiger partial charge in [0.2, 0.25) is 5.91 Å². The van der Waals surface area contributed by atoms with E-state index in [4.69, 9.17) is 0 Å². The number of nitrogens with one attached hydrogen (secondary N) is 1. The number of carboxylic acids is 1. The monoisotopic (exact) mass is 594 g/mol. The molecule has 240 valence electrons. The van der Waals surface area contributed by atoms with E-state index < -0.39 is 22.7 Å². The van der Waals surface area contributed by atoms with Crippen molar-refractivity contribution in [3.8, 4) is 0 Å². The number of fused-ring (bicyclic) bond motifs is 7. The van der Waals surface area contributed by atoms with Gasteiger partial charge in [-0.25, -0.2) is 0 Å². The van der Waals surface area contributed by atoms with Crippen LogP contribution in [0.25, 0.3) is 0 Å². The van der Waals surface area contributed by atoms with E-state index in [-0.39, 0.29) is 45.2 Å². The third kappa shape index (κ3) is 4.45. The molecule has 2 N–H and O–H groups in total. The summed E-state index contributed by atoms with van der Waals surface area (Å²) in [6.45, 7) is 19.9. The van der Waals surface area contributed by atoms with Crippen LogP contribution in [0, 0.1) is 56.2 Å². The van der Waals surface area contributed by atoms with E-state index in [2.05, 4.69) is 64.8 Å². The second-order valence-corrected chi connectivity index (χ2v) is 17.9. The van der Waals surface area contributed by atoms with E-state index in [9.17, 15) is 19.5 Å². The average Bonchev–Trinajstić information content (AvgIpc) is 3.44. The fraction of sp³-hybridized carbons (Fsp3) is 0.865. The SMILES string of the molecule is CC1(C)CCC2(C(=O)O)CCC3(C)C(=CCC4C5(C)CC(C(=O)NCCN6CCCC6)C(=O)C(C)(C)C5CCC43C)C2C1. The van der Waals surface area contributed by atoms with Crippen LogP contribution >= 0.6 is 0 Å². The van der Waals surface area contributed by atoms with Crippen LogP contribution in [0.15, 0.2) is 11.6 Å². The van der Waals surface area contributed by atoms with Gasteiger partial charge in [0, 0.05) is 18.5 Å². The standard InChI is InChI=1S/C37H58N2O4/c1-32(2)14-16-37(31(42)43)17-15-35(6)25(26(37)23-32)10-11-28-34(5)22-24(30(41)38-18-21-39-19-8-9-20-39)29(40)33(3,4)27(34)12-13-36(28,35)7/h10,24,26-28H,8-9,11-23H2,1-7H3,(H,38,41)(H,42,43). The summed E-state index contributed by atoms with van der Waals surface area (Å²) < 4.78 is 0. The van der Waals surface area contributed by atoms with Gasteiger partial charge in [0.05, 0.1) is 11.3 Å². The summed E-state index contributed by atoms with van der Waals surface area (Å²) in [4.78, 5) is 43.1. The molecule has 5 fully saturated rings. The summed E-state index contributed by atoms with van der Waals surface area (Å²) in [5.74, 6) is -0.443. The second kappa shape index (κ2) is 10.2. The lowest BCUT2D eigenvalue weighted by atomic mass is 9.33. The van der Waals surface area contributed by atoms with E-state index in [1.54, 1.807) is 0 Å². The van der Waals surface area contributed by atoms with Gasteiger partial charge >= 0.3 is 5.97 Å². The maximum absolute atomic E-state index is 14.0. The molecule has 6 rings (SSSR count). The Labute approximate surface area is 260 Å². The van der Waals surface area contributed by atoms with Gasteiger partial charge in [-0.2, -0.15) is 0 Å². The molecule has 0 aromatic heterocycles. The number of likely N-dealkylation sites (tertiary alicyclic amines) is 1. The molecular weight excluding hydrogens is 536 g/mol. The lowest BCUT2D eigenvalue weighted by Gasteiger charge is -2.70. The molecule has 0 radical (unpaired) electrons. The lowest BCUT2D eigenvalue weighted by molar-refractivity contribution is -0.195. The van der Waals surface area contributed by atoms with Crippen molar-refractivity contribution in [2.24, 2.45) is 56.2 Å². The predicted octanol–water partition coefficient (Wildman–Crippen LogP) is 6.88. The number of carbonyl (C=O) groups excluding carboxylic acids is 2. The molecule has 1 amide bonds. The molecule has 1 aliphatic heterocycles. The van der Waals surface area contributed by atoms with Crippen molar-refractivity contribution in [2.75, 3.05) is 26.2 Å². The summed E-state index contributed by atoms with van der Waals surface area (Å²) in [5.41, 5.74) is 0.184. The van der Waals surface area contributed by atoms with Crippen molar-refractivity contribution < 1.29 is 19.5 Å². The topological polar surface area (TPSA) is 86.7 Å². The third-order valence-electron chi connectivity index (χ3n) is 15.0. The minimum absolute atomic E-state index is 0.00182. The first-order valence-electron chi connectivity index (χ1n) is 17.5. The first kappa shape index (κ1) is 31.3. The minimum atomic E-state index is -0.636. The van der Waals surface area contributed by atoms with Gasteiger partial charge in [-0.1, -0.05) is 60.1 Å². The van der Waals surface area contributed by atoms with Crippen molar-refractivity contribution in [1.29, 1.82) is 0 Å². The fourth-order valence-electron chi connectivity index (χ4n) is 12.3. The number of ketones is 1. The number of Topliss-reactive ketones (excluding diaryl/α,β-unsaturated/α-hetero) is 1. The molecule has 6 nitrogen and oxygen atoms in total. The minimum Gasteiger partial charge on any atom is -0.481 e. The second-order valence-electron chi connectivity index (χ2n) is 17.9. The zero-order valence-corrected chi connectivity index (χ0v) is 28.1. The Kier molecular flexibility index (Phi) is 7.39. The molecule has 8 unspecified atom stereocenters. The summed E-state index contributed by atoms with van der Waals surface area (Å²) in [6.07, 6.45) is 12.9. The van der Waals surface area contributed by atoms with E-state index in [0.29, 0.717) is 18.9 Å². The first-order valence-corrected chi connectivity index (χ1v) is 17.5. The largest absolute Gasteiger partial charge is 0.481 e. The Hall–Kier alpha value is -1.69. The van der Waals surface area contributed by atoms with Gasteiger partial charge < -0.3 is 15.3 Å². The Bertz CT molecular complexity index is 1210. The molecule has 1 heterocycles. The molecule has 6 aliphatic rings. The zero-order valence-electron chi connectivity index (χ0n) is 28.1. The number of allylic oxidation sites excluding steroid dienone is 2. The number of nitrogens with zero attached hydrogens (tertiary/aromatic N) is 1. The third-order valence-corrected chi connectivity index (χ3v) is 15.0. The quantitative estimate of drug-likeness (QED) is 0.268. The molecule has 43 heavy (non-hydrogen) atoms. The van der Waals surface area contributed by atoms with E-state index >= 15 is 0 Å². The molecule has 0 bridgehead atoms. The molecule has 5 aliphatic carbocycles. The smallest absolute Gasteiger partial charge is 0.310 e. The summed E-state index contributed by atoms with van der Waals surface area (Å²) in [7, 11) is 0. The number of amides is 1.